The molecule has 5 nitrogen and oxygen atoms in total. The van der Waals surface area contributed by atoms with Crippen LogP contribution in [-0.4, -0.2) is 28.9 Å². The highest BCUT2D eigenvalue weighted by Gasteiger charge is 2.27. The number of carbonyl (C=O) groups excluding carboxylic acids is 2. The van der Waals surface area contributed by atoms with Gasteiger partial charge in [-0.25, -0.2) is 0 Å². The predicted octanol–water partition coefficient (Wildman–Crippen LogP) is 4.63. The molecule has 1 aliphatic carbocycles. The maximum atomic E-state index is 12.1. The fourth-order valence-electron chi connectivity index (χ4n) is 3.11. The summed E-state index contributed by atoms with van der Waals surface area (Å²) in [6.07, 6.45) is 17.2. The number of unbranched alkanes of at least 4 members (excludes halogenated alkanes) is 3. The van der Waals surface area contributed by atoms with Crippen LogP contribution in [0.2, 0.25) is 0 Å². The van der Waals surface area contributed by atoms with Gasteiger partial charge in [-0.1, -0.05) is 44.1 Å². The molecule has 0 bridgehead atoms. The highest BCUT2D eigenvalue weighted by Crippen LogP contribution is 2.28. The van der Waals surface area contributed by atoms with Crippen LogP contribution in [-0.2, 0) is 19.1 Å². The fourth-order valence-corrected chi connectivity index (χ4v) is 3.11. The Labute approximate surface area is 162 Å². The zero-order chi connectivity index (χ0) is 20.1. The second kappa shape index (κ2) is 13.1. The van der Waals surface area contributed by atoms with E-state index in [1.165, 1.54) is 6.92 Å². The van der Waals surface area contributed by atoms with E-state index in [0.29, 0.717) is 19.3 Å². The van der Waals surface area contributed by atoms with E-state index in [9.17, 15) is 14.4 Å². The average Bonchev–Trinajstić information content (AvgIpc) is 2.95. The number of esters is 1. The molecule has 0 saturated heterocycles. The summed E-state index contributed by atoms with van der Waals surface area (Å²) in [5, 5.41) is 8.62. The summed E-state index contributed by atoms with van der Waals surface area (Å²) in [5.41, 5.74) is 0. The third-order valence-corrected chi connectivity index (χ3v) is 4.59. The second-order valence-electron chi connectivity index (χ2n) is 6.97. The van der Waals surface area contributed by atoms with Crippen molar-refractivity contribution in [3.05, 3.63) is 36.5 Å². The van der Waals surface area contributed by atoms with Crippen molar-refractivity contribution in [3.8, 4) is 0 Å². The van der Waals surface area contributed by atoms with Gasteiger partial charge in [-0.15, -0.1) is 0 Å². The first kappa shape index (κ1) is 22.9. The van der Waals surface area contributed by atoms with E-state index >= 15 is 0 Å². The molecule has 1 N–H and O–H groups in total. The molecule has 27 heavy (non-hydrogen) atoms. The predicted molar refractivity (Wildman–Crippen MR) is 105 cm³/mol. The van der Waals surface area contributed by atoms with Gasteiger partial charge in [0.15, 0.2) is 5.78 Å². The van der Waals surface area contributed by atoms with Crippen LogP contribution in [0, 0.1) is 11.8 Å². The molecule has 3 atom stereocenters. The Balaban J connectivity index is 2.55. The molecule has 0 aromatic carbocycles. The first-order chi connectivity index (χ1) is 12.9. The van der Waals surface area contributed by atoms with Crippen molar-refractivity contribution in [2.45, 2.75) is 71.3 Å². The minimum absolute atomic E-state index is 0.00500. The van der Waals surface area contributed by atoms with Gasteiger partial charge in [0.1, 0.15) is 6.10 Å². The Bertz CT molecular complexity index is 573. The molecule has 1 rings (SSSR count). The minimum Gasteiger partial charge on any atom is -0.481 e. The molecule has 0 heterocycles. The van der Waals surface area contributed by atoms with Gasteiger partial charge >= 0.3 is 11.9 Å². The van der Waals surface area contributed by atoms with Crippen molar-refractivity contribution in [2.75, 3.05) is 0 Å². The Morgan fingerprint density at radius 1 is 1.26 bits per heavy atom. The third kappa shape index (κ3) is 9.92. The van der Waals surface area contributed by atoms with Gasteiger partial charge in [0.2, 0.25) is 0 Å². The maximum absolute atomic E-state index is 12.1. The SMILES string of the molecule is CCCCC[C@@H](C=C[C@H]1C=CC(=O)[C@@H]1C/C=C\CCCC(=O)O)OC(C)=O. The zero-order valence-electron chi connectivity index (χ0n) is 16.4. The van der Waals surface area contributed by atoms with E-state index < -0.39 is 5.97 Å². The van der Waals surface area contributed by atoms with E-state index in [0.717, 1.165) is 25.7 Å². The molecular weight excluding hydrogens is 344 g/mol. The van der Waals surface area contributed by atoms with Crippen LogP contribution in [0.1, 0.15) is 65.2 Å². The second-order valence-corrected chi connectivity index (χ2v) is 6.97. The number of ether oxygens (including phenoxy) is 1. The summed E-state index contributed by atoms with van der Waals surface area (Å²) in [6, 6.07) is 0. The lowest BCUT2D eigenvalue weighted by molar-refractivity contribution is -0.144. The summed E-state index contributed by atoms with van der Waals surface area (Å²) in [7, 11) is 0. The largest absolute Gasteiger partial charge is 0.481 e. The summed E-state index contributed by atoms with van der Waals surface area (Å²) in [5.74, 6) is -1.10. The van der Waals surface area contributed by atoms with Crippen molar-refractivity contribution in [2.24, 2.45) is 11.8 Å². The van der Waals surface area contributed by atoms with Crippen LogP contribution in [0.3, 0.4) is 0 Å². The molecule has 1 aliphatic rings. The lowest BCUT2D eigenvalue weighted by Gasteiger charge is -2.16. The standard InChI is InChI=1S/C22H32O5/c1-3-4-7-10-19(27-17(2)23)15-13-18-14-16-21(24)20(18)11-8-5-6-9-12-22(25)26/h5,8,13-16,18-20H,3-4,6-7,9-12H2,1-2H3,(H,25,26)/b8-5-,15-13?/t18-,19-,20+/m0/s1. The number of aliphatic carboxylic acids is 1. The quantitative estimate of drug-likeness (QED) is 0.288. The van der Waals surface area contributed by atoms with Crippen LogP contribution in [0.4, 0.5) is 0 Å². The van der Waals surface area contributed by atoms with Crippen LogP contribution in [0.15, 0.2) is 36.5 Å². The van der Waals surface area contributed by atoms with Gasteiger partial charge in [-0.05, 0) is 44.3 Å². The number of rotatable bonds is 13. The number of carbonyl (C=O) groups is 3. The van der Waals surface area contributed by atoms with Crippen LogP contribution < -0.4 is 0 Å². The lowest BCUT2D eigenvalue weighted by Crippen LogP contribution is -2.16. The highest BCUT2D eigenvalue weighted by molar-refractivity contribution is 5.95. The Hall–Kier alpha value is -2.17. The van der Waals surface area contributed by atoms with Gasteiger partial charge in [0, 0.05) is 25.2 Å². The zero-order valence-corrected chi connectivity index (χ0v) is 16.4. The molecule has 0 radical (unpaired) electrons. The normalized spacial score (nSPS) is 20.6. The van der Waals surface area contributed by atoms with Crippen LogP contribution in [0.25, 0.3) is 0 Å². The number of hydrogen-bond donors (Lipinski definition) is 1. The Morgan fingerprint density at radius 3 is 2.70 bits per heavy atom. The van der Waals surface area contributed by atoms with E-state index in [4.69, 9.17) is 9.84 Å². The van der Waals surface area contributed by atoms with Crippen molar-refractivity contribution < 1.29 is 24.2 Å². The number of carboxylic acids is 1. The van der Waals surface area contributed by atoms with Gasteiger partial charge in [-0.2, -0.15) is 0 Å². The first-order valence-corrected chi connectivity index (χ1v) is 9.88. The molecule has 0 aromatic rings. The highest BCUT2D eigenvalue weighted by atomic mass is 16.5. The molecule has 0 amide bonds. The lowest BCUT2D eigenvalue weighted by atomic mass is 9.90. The van der Waals surface area contributed by atoms with E-state index in [2.05, 4.69) is 6.92 Å². The van der Waals surface area contributed by atoms with E-state index in [1.807, 2.05) is 30.4 Å². The molecule has 0 spiro atoms. The smallest absolute Gasteiger partial charge is 0.303 e. The molecule has 5 heteroatoms. The third-order valence-electron chi connectivity index (χ3n) is 4.59. The van der Waals surface area contributed by atoms with Gasteiger partial charge in [0.25, 0.3) is 0 Å². The molecule has 0 unspecified atom stereocenters. The van der Waals surface area contributed by atoms with Crippen molar-refractivity contribution in [1.82, 2.24) is 0 Å². The number of hydrogen-bond acceptors (Lipinski definition) is 4. The number of carboxylic acid groups (broad SMARTS) is 1. The molecule has 0 aromatic heterocycles. The summed E-state index contributed by atoms with van der Waals surface area (Å²) < 4.78 is 5.37. The van der Waals surface area contributed by atoms with Gasteiger partial charge in [0.05, 0.1) is 0 Å². The summed E-state index contributed by atoms with van der Waals surface area (Å²) >= 11 is 0. The minimum atomic E-state index is -0.787. The van der Waals surface area contributed by atoms with Crippen molar-refractivity contribution in [3.63, 3.8) is 0 Å². The van der Waals surface area contributed by atoms with Gasteiger partial charge in [-0.3, -0.25) is 14.4 Å². The summed E-state index contributed by atoms with van der Waals surface area (Å²) in [6.45, 7) is 3.54. The van der Waals surface area contributed by atoms with Crippen molar-refractivity contribution in [1.29, 1.82) is 0 Å². The first-order valence-electron chi connectivity index (χ1n) is 9.88. The van der Waals surface area contributed by atoms with E-state index in [-0.39, 0.29) is 36.1 Å². The Kier molecular flexibility index (Phi) is 11.1. The van der Waals surface area contributed by atoms with Crippen molar-refractivity contribution >= 4 is 17.7 Å². The maximum Gasteiger partial charge on any atom is 0.303 e. The fraction of sp³-hybridized carbons (Fsp3) is 0.591. The van der Waals surface area contributed by atoms with E-state index in [1.54, 1.807) is 6.08 Å². The molecule has 0 fully saturated rings. The van der Waals surface area contributed by atoms with Crippen LogP contribution in [0.5, 0.6) is 0 Å². The topological polar surface area (TPSA) is 80.7 Å². The average molecular weight is 376 g/mol. The molecule has 0 aliphatic heterocycles. The Morgan fingerprint density at radius 2 is 2.04 bits per heavy atom. The molecule has 0 saturated carbocycles. The monoisotopic (exact) mass is 376 g/mol. The number of ketones is 1. The summed E-state index contributed by atoms with van der Waals surface area (Å²) in [4.78, 5) is 33.9. The molecule has 150 valence electrons. The number of allylic oxidation sites excluding steroid dienone is 5. The van der Waals surface area contributed by atoms with Crippen LogP contribution >= 0.6 is 0 Å². The molecular formula is C22H32O5. The van der Waals surface area contributed by atoms with Gasteiger partial charge < -0.3 is 9.84 Å².